The van der Waals surface area contributed by atoms with Crippen LogP contribution in [0.1, 0.15) is 26.0 Å². The van der Waals surface area contributed by atoms with E-state index in [1.165, 1.54) is 6.92 Å². The van der Waals surface area contributed by atoms with Gasteiger partial charge in [-0.2, -0.15) is 0 Å². The fourth-order valence-electron chi connectivity index (χ4n) is 2.31. The van der Waals surface area contributed by atoms with Crippen LogP contribution in [0.2, 0.25) is 0 Å². The molecule has 0 saturated heterocycles. The van der Waals surface area contributed by atoms with Crippen LogP contribution in [0.3, 0.4) is 0 Å². The minimum atomic E-state index is -0.147. The zero-order valence-electron chi connectivity index (χ0n) is 14.0. The molecule has 1 aromatic heterocycles. The lowest BCUT2D eigenvalue weighted by molar-refractivity contribution is -0.121. The largest absolute Gasteiger partial charge is 0.492 e. The van der Waals surface area contributed by atoms with E-state index in [0.717, 1.165) is 0 Å². The summed E-state index contributed by atoms with van der Waals surface area (Å²) >= 11 is 0. The minimum Gasteiger partial charge on any atom is -0.492 e. The van der Waals surface area contributed by atoms with Crippen LogP contribution in [-0.4, -0.2) is 25.0 Å². The van der Waals surface area contributed by atoms with Crippen LogP contribution in [0, 0.1) is 0 Å². The monoisotopic (exact) mass is 330 g/mol. The zero-order valence-corrected chi connectivity index (χ0v) is 14.0. The second-order valence-corrected chi connectivity index (χ2v) is 5.18. The third-order valence-electron chi connectivity index (χ3n) is 3.44. The number of hydrogen-bond acceptors (Lipinski definition) is 4. The molecule has 0 aliphatic carbocycles. The first kappa shape index (κ1) is 17.6. The molecule has 2 rings (SSSR count). The Morgan fingerprint density at radius 3 is 2.67 bits per heavy atom. The summed E-state index contributed by atoms with van der Waals surface area (Å²) in [4.78, 5) is 25.5. The number of furan rings is 1. The van der Waals surface area contributed by atoms with Gasteiger partial charge in [-0.15, -0.1) is 0 Å². The van der Waals surface area contributed by atoms with Gasteiger partial charge < -0.3 is 19.4 Å². The number of hydrogen-bond donors (Lipinski definition) is 1. The standard InChI is InChI=1S/C18H22N2O4/c1-3-23-17-9-5-4-8-16(17)20(14(2)21)11-10-18(22)19-13-15-7-6-12-24-15/h4-9,12H,3,10-11,13H2,1-2H3,(H,19,22). The van der Waals surface area contributed by atoms with Gasteiger partial charge in [-0.3, -0.25) is 9.59 Å². The molecule has 0 aliphatic heterocycles. The molecule has 0 saturated carbocycles. The summed E-state index contributed by atoms with van der Waals surface area (Å²) in [6.45, 7) is 4.48. The lowest BCUT2D eigenvalue weighted by atomic mass is 10.2. The normalized spacial score (nSPS) is 10.2. The SMILES string of the molecule is CCOc1ccccc1N(CCC(=O)NCc1ccco1)C(C)=O. The first-order valence-electron chi connectivity index (χ1n) is 7.90. The van der Waals surface area contributed by atoms with Crippen LogP contribution in [0.4, 0.5) is 5.69 Å². The molecule has 0 spiro atoms. The number of nitrogens with zero attached hydrogens (tertiary/aromatic N) is 1. The molecule has 1 heterocycles. The van der Waals surface area contributed by atoms with Crippen molar-refractivity contribution < 1.29 is 18.7 Å². The average Bonchev–Trinajstić information content (AvgIpc) is 3.08. The molecule has 2 amide bonds. The van der Waals surface area contributed by atoms with Gasteiger partial charge in [-0.25, -0.2) is 0 Å². The molecular weight excluding hydrogens is 308 g/mol. The number of para-hydroxylation sites is 2. The summed E-state index contributed by atoms with van der Waals surface area (Å²) in [5.74, 6) is 1.03. The molecule has 2 aromatic rings. The van der Waals surface area contributed by atoms with Gasteiger partial charge in [-0.1, -0.05) is 12.1 Å². The number of rotatable bonds is 8. The summed E-state index contributed by atoms with van der Waals surface area (Å²) in [6, 6.07) is 10.9. The van der Waals surface area contributed by atoms with Gasteiger partial charge in [0.05, 0.1) is 25.1 Å². The Balaban J connectivity index is 1.96. The van der Waals surface area contributed by atoms with Gasteiger partial charge in [0, 0.05) is 19.9 Å². The molecule has 1 N–H and O–H groups in total. The summed E-state index contributed by atoms with van der Waals surface area (Å²) in [5, 5.41) is 2.77. The molecular formula is C18H22N2O4. The van der Waals surface area contributed by atoms with Crippen LogP contribution in [0.25, 0.3) is 0 Å². The number of carbonyl (C=O) groups is 2. The van der Waals surface area contributed by atoms with E-state index in [4.69, 9.17) is 9.15 Å². The van der Waals surface area contributed by atoms with Gasteiger partial charge in [0.25, 0.3) is 0 Å². The Kier molecular flexibility index (Phi) is 6.42. The van der Waals surface area contributed by atoms with Crippen LogP contribution in [0.15, 0.2) is 47.1 Å². The van der Waals surface area contributed by atoms with Crippen molar-refractivity contribution in [2.45, 2.75) is 26.8 Å². The Bertz CT molecular complexity index is 667. The van der Waals surface area contributed by atoms with Gasteiger partial charge in [0.15, 0.2) is 0 Å². The molecule has 0 atom stereocenters. The number of carbonyl (C=O) groups excluding carboxylic acids is 2. The number of nitrogens with one attached hydrogen (secondary N) is 1. The first-order chi connectivity index (χ1) is 11.6. The molecule has 6 nitrogen and oxygen atoms in total. The molecule has 0 radical (unpaired) electrons. The highest BCUT2D eigenvalue weighted by atomic mass is 16.5. The van der Waals surface area contributed by atoms with Gasteiger partial charge >= 0.3 is 0 Å². The predicted molar refractivity (Wildman–Crippen MR) is 90.8 cm³/mol. The maximum absolute atomic E-state index is 12.0. The Morgan fingerprint density at radius 1 is 1.21 bits per heavy atom. The third-order valence-corrected chi connectivity index (χ3v) is 3.44. The zero-order chi connectivity index (χ0) is 17.4. The van der Waals surface area contributed by atoms with Crippen molar-refractivity contribution in [2.75, 3.05) is 18.1 Å². The number of ether oxygens (including phenoxy) is 1. The Labute approximate surface area is 141 Å². The van der Waals surface area contributed by atoms with Crippen LogP contribution < -0.4 is 15.0 Å². The Morgan fingerprint density at radius 2 is 2.00 bits per heavy atom. The summed E-state index contributed by atoms with van der Waals surface area (Å²) < 4.78 is 10.7. The molecule has 24 heavy (non-hydrogen) atoms. The van der Waals surface area contributed by atoms with Crippen molar-refractivity contribution >= 4 is 17.5 Å². The van der Waals surface area contributed by atoms with Gasteiger partial charge in [0.1, 0.15) is 11.5 Å². The Hall–Kier alpha value is -2.76. The lowest BCUT2D eigenvalue weighted by Crippen LogP contribution is -2.34. The summed E-state index contributed by atoms with van der Waals surface area (Å²) in [5.41, 5.74) is 0.672. The molecule has 6 heteroatoms. The highest BCUT2D eigenvalue weighted by Gasteiger charge is 2.17. The van der Waals surface area contributed by atoms with E-state index in [2.05, 4.69) is 5.32 Å². The fourth-order valence-corrected chi connectivity index (χ4v) is 2.31. The molecule has 1 aromatic carbocycles. The van der Waals surface area contributed by atoms with Crippen molar-refractivity contribution in [3.05, 3.63) is 48.4 Å². The molecule has 0 unspecified atom stereocenters. The fraction of sp³-hybridized carbons (Fsp3) is 0.333. The third kappa shape index (κ3) is 4.87. The van der Waals surface area contributed by atoms with E-state index in [1.807, 2.05) is 31.2 Å². The van der Waals surface area contributed by atoms with Gasteiger partial charge in [-0.05, 0) is 31.2 Å². The highest BCUT2D eigenvalue weighted by molar-refractivity contribution is 5.93. The maximum Gasteiger partial charge on any atom is 0.223 e. The molecule has 0 fully saturated rings. The van der Waals surface area contributed by atoms with Crippen molar-refractivity contribution in [3.8, 4) is 5.75 Å². The predicted octanol–water partition coefficient (Wildman–Crippen LogP) is 2.74. The smallest absolute Gasteiger partial charge is 0.223 e. The van der Waals surface area contributed by atoms with Crippen LogP contribution in [-0.2, 0) is 16.1 Å². The molecule has 0 aliphatic rings. The number of amides is 2. The number of anilines is 1. The van der Waals surface area contributed by atoms with E-state index in [1.54, 1.807) is 23.3 Å². The maximum atomic E-state index is 12.0. The summed E-state index contributed by atoms with van der Waals surface area (Å²) in [6.07, 6.45) is 1.75. The topological polar surface area (TPSA) is 71.8 Å². The molecule has 128 valence electrons. The van der Waals surface area contributed by atoms with E-state index < -0.39 is 0 Å². The lowest BCUT2D eigenvalue weighted by Gasteiger charge is -2.23. The van der Waals surface area contributed by atoms with Crippen molar-refractivity contribution in [2.24, 2.45) is 0 Å². The van der Waals surface area contributed by atoms with Crippen molar-refractivity contribution in [1.82, 2.24) is 5.32 Å². The van der Waals surface area contributed by atoms with Crippen LogP contribution >= 0.6 is 0 Å². The average molecular weight is 330 g/mol. The van der Waals surface area contributed by atoms with Crippen molar-refractivity contribution in [3.63, 3.8) is 0 Å². The van der Waals surface area contributed by atoms with Gasteiger partial charge in [0.2, 0.25) is 11.8 Å². The number of benzene rings is 1. The van der Waals surface area contributed by atoms with E-state index in [9.17, 15) is 9.59 Å². The van der Waals surface area contributed by atoms with Crippen molar-refractivity contribution in [1.29, 1.82) is 0 Å². The van der Waals surface area contributed by atoms with Crippen LogP contribution in [0.5, 0.6) is 5.75 Å². The second-order valence-electron chi connectivity index (χ2n) is 5.18. The van der Waals surface area contributed by atoms with E-state index >= 15 is 0 Å². The quantitative estimate of drug-likeness (QED) is 0.808. The first-order valence-corrected chi connectivity index (χ1v) is 7.90. The summed E-state index contributed by atoms with van der Waals surface area (Å²) in [7, 11) is 0. The highest BCUT2D eigenvalue weighted by Crippen LogP contribution is 2.28. The second kappa shape index (κ2) is 8.76. The van der Waals surface area contributed by atoms with E-state index in [-0.39, 0.29) is 24.8 Å². The van der Waals surface area contributed by atoms with E-state index in [0.29, 0.717) is 30.3 Å². The molecule has 0 bridgehead atoms. The minimum absolute atomic E-state index is 0.138.